The summed E-state index contributed by atoms with van der Waals surface area (Å²) >= 11 is 3.41. The van der Waals surface area contributed by atoms with Gasteiger partial charge in [0, 0.05) is 11.0 Å². The van der Waals surface area contributed by atoms with Crippen LogP contribution in [0.25, 0.3) is 0 Å². The number of esters is 1. The lowest BCUT2D eigenvalue weighted by atomic mass is 9.86. The van der Waals surface area contributed by atoms with Gasteiger partial charge in [-0.15, -0.1) is 0 Å². The largest absolute Gasteiger partial charge is 0.466 e. The second kappa shape index (κ2) is 11.8. The predicted octanol–water partition coefficient (Wildman–Crippen LogP) is 6.12. The highest BCUT2D eigenvalue weighted by Gasteiger charge is 2.36. The maximum Gasteiger partial charge on any atom is 0.410 e. The molecule has 8 heteroatoms. The molecule has 0 fully saturated rings. The summed E-state index contributed by atoms with van der Waals surface area (Å²) in [7, 11) is 0. The van der Waals surface area contributed by atoms with E-state index in [0.717, 1.165) is 10.0 Å². The number of hydrogen-bond acceptors (Lipinski definition) is 5. The van der Waals surface area contributed by atoms with Crippen LogP contribution in [0.15, 0.2) is 53.0 Å². The first-order valence-corrected chi connectivity index (χ1v) is 12.0. The van der Waals surface area contributed by atoms with Gasteiger partial charge in [-0.25, -0.2) is 9.18 Å². The Bertz CT molecular complexity index is 959. The van der Waals surface area contributed by atoms with Crippen molar-refractivity contribution in [1.29, 1.82) is 0 Å². The Morgan fingerprint density at radius 2 is 1.68 bits per heavy atom. The van der Waals surface area contributed by atoms with Crippen LogP contribution in [0.1, 0.15) is 64.6 Å². The van der Waals surface area contributed by atoms with Gasteiger partial charge in [0.2, 0.25) is 0 Å². The number of rotatable bonds is 9. The molecular weight excluding hydrogens is 505 g/mol. The smallest absolute Gasteiger partial charge is 0.410 e. The molecule has 0 aliphatic heterocycles. The highest BCUT2D eigenvalue weighted by Crippen LogP contribution is 2.32. The van der Waals surface area contributed by atoms with Crippen LogP contribution in [0.2, 0.25) is 0 Å². The number of amides is 1. The van der Waals surface area contributed by atoms with Crippen LogP contribution >= 0.6 is 15.9 Å². The van der Waals surface area contributed by atoms with Crippen LogP contribution in [-0.4, -0.2) is 40.8 Å². The maximum absolute atomic E-state index is 13.5. The Balaban J connectivity index is 2.36. The molecule has 0 saturated heterocycles. The van der Waals surface area contributed by atoms with E-state index in [1.807, 2.05) is 31.2 Å². The fourth-order valence-corrected chi connectivity index (χ4v) is 3.80. The molecule has 0 aliphatic rings. The van der Waals surface area contributed by atoms with E-state index >= 15 is 0 Å². The average molecular weight is 538 g/mol. The SMILES string of the molecule is CCOC(=O)CC(O)(CCN(C(=O)OC(C)(C)C)[C@@H](C)c1ccc(Br)cc1)c1ccc(F)cc1. The summed E-state index contributed by atoms with van der Waals surface area (Å²) in [4.78, 5) is 26.9. The number of nitrogens with zero attached hydrogens (tertiary/aromatic N) is 1. The van der Waals surface area contributed by atoms with Gasteiger partial charge in [0.15, 0.2) is 0 Å². The molecule has 1 N–H and O–H groups in total. The van der Waals surface area contributed by atoms with Crippen molar-refractivity contribution in [3.05, 3.63) is 69.9 Å². The zero-order valence-electron chi connectivity index (χ0n) is 20.3. The maximum atomic E-state index is 13.5. The standard InChI is InChI=1S/C26H33BrFNO5/c1-6-33-23(30)17-26(32,20-9-13-22(28)14-10-20)15-16-29(24(31)34-25(3,4)5)18(2)19-7-11-21(27)12-8-19/h7-14,18,32H,6,15-17H2,1-5H3/t18-,26?/m0/s1. The predicted molar refractivity (Wildman–Crippen MR) is 132 cm³/mol. The van der Waals surface area contributed by atoms with E-state index in [1.54, 1.807) is 27.7 Å². The highest BCUT2D eigenvalue weighted by molar-refractivity contribution is 9.10. The minimum Gasteiger partial charge on any atom is -0.466 e. The fourth-order valence-electron chi connectivity index (χ4n) is 3.54. The van der Waals surface area contributed by atoms with E-state index in [9.17, 15) is 19.1 Å². The molecule has 0 radical (unpaired) electrons. The van der Waals surface area contributed by atoms with Crippen molar-refractivity contribution in [2.45, 2.75) is 64.7 Å². The number of benzene rings is 2. The second-order valence-electron chi connectivity index (χ2n) is 9.17. The van der Waals surface area contributed by atoms with Gasteiger partial charge in [-0.05, 0) is 76.4 Å². The van der Waals surface area contributed by atoms with Crippen LogP contribution in [0.5, 0.6) is 0 Å². The summed E-state index contributed by atoms with van der Waals surface area (Å²) in [6.45, 7) is 9.14. The molecule has 2 aromatic carbocycles. The van der Waals surface area contributed by atoms with Crippen molar-refractivity contribution in [2.24, 2.45) is 0 Å². The summed E-state index contributed by atoms with van der Waals surface area (Å²) in [6, 6.07) is 12.5. The van der Waals surface area contributed by atoms with Crippen molar-refractivity contribution in [2.75, 3.05) is 13.2 Å². The molecule has 1 amide bonds. The van der Waals surface area contributed by atoms with Gasteiger partial charge in [-0.1, -0.05) is 40.2 Å². The lowest BCUT2D eigenvalue weighted by Crippen LogP contribution is -2.42. The monoisotopic (exact) mass is 537 g/mol. The van der Waals surface area contributed by atoms with Crippen molar-refractivity contribution >= 4 is 28.0 Å². The first-order valence-electron chi connectivity index (χ1n) is 11.2. The first kappa shape index (κ1) is 27.8. The van der Waals surface area contributed by atoms with E-state index < -0.39 is 29.1 Å². The molecule has 2 atom stereocenters. The van der Waals surface area contributed by atoms with Crippen molar-refractivity contribution < 1.29 is 28.6 Å². The Labute approximate surface area is 209 Å². The molecule has 0 aliphatic carbocycles. The number of halogens is 2. The van der Waals surface area contributed by atoms with E-state index in [1.165, 1.54) is 29.2 Å². The van der Waals surface area contributed by atoms with Gasteiger partial charge in [0.1, 0.15) is 17.0 Å². The molecule has 6 nitrogen and oxygen atoms in total. The first-order chi connectivity index (χ1) is 15.8. The number of carbonyl (C=O) groups excluding carboxylic acids is 2. The van der Waals surface area contributed by atoms with Crippen LogP contribution < -0.4 is 0 Å². The quantitative estimate of drug-likeness (QED) is 0.390. The molecule has 0 spiro atoms. The lowest BCUT2D eigenvalue weighted by molar-refractivity contribution is -0.149. The summed E-state index contributed by atoms with van der Waals surface area (Å²) in [5, 5.41) is 11.5. The van der Waals surface area contributed by atoms with E-state index in [2.05, 4.69) is 15.9 Å². The second-order valence-corrected chi connectivity index (χ2v) is 10.1. The van der Waals surface area contributed by atoms with Gasteiger partial charge in [-0.2, -0.15) is 0 Å². The van der Waals surface area contributed by atoms with Crippen LogP contribution in [0.3, 0.4) is 0 Å². The third kappa shape index (κ3) is 8.09. The molecule has 0 bridgehead atoms. The molecule has 0 aromatic heterocycles. The zero-order valence-corrected chi connectivity index (χ0v) is 21.9. The molecular formula is C26H33BrFNO5. The Morgan fingerprint density at radius 1 is 1.09 bits per heavy atom. The summed E-state index contributed by atoms with van der Waals surface area (Å²) in [6.07, 6.45) is -0.862. The normalized spacial score (nSPS) is 14.1. The van der Waals surface area contributed by atoms with E-state index in [0.29, 0.717) is 5.56 Å². The van der Waals surface area contributed by atoms with Gasteiger partial charge in [0.25, 0.3) is 0 Å². The molecule has 186 valence electrons. The van der Waals surface area contributed by atoms with Crippen LogP contribution in [0, 0.1) is 5.82 Å². The third-order valence-electron chi connectivity index (χ3n) is 5.34. The number of ether oxygens (including phenoxy) is 2. The summed E-state index contributed by atoms with van der Waals surface area (Å²) in [5.74, 6) is -1.04. The van der Waals surface area contributed by atoms with Crippen LogP contribution in [0.4, 0.5) is 9.18 Å². The van der Waals surface area contributed by atoms with E-state index in [-0.39, 0.29) is 32.0 Å². The van der Waals surface area contributed by atoms with Crippen molar-refractivity contribution in [3.8, 4) is 0 Å². The summed E-state index contributed by atoms with van der Waals surface area (Å²) < 4.78 is 25.1. The molecule has 2 rings (SSSR count). The van der Waals surface area contributed by atoms with Crippen LogP contribution in [-0.2, 0) is 19.9 Å². The zero-order chi connectivity index (χ0) is 25.5. The Morgan fingerprint density at radius 3 is 2.21 bits per heavy atom. The minimum atomic E-state index is -1.67. The van der Waals surface area contributed by atoms with Gasteiger partial charge < -0.3 is 19.5 Å². The van der Waals surface area contributed by atoms with E-state index in [4.69, 9.17) is 9.47 Å². The van der Waals surface area contributed by atoms with Gasteiger partial charge in [-0.3, -0.25) is 4.79 Å². The number of aliphatic hydroxyl groups is 1. The average Bonchev–Trinajstić information content (AvgIpc) is 2.73. The summed E-state index contributed by atoms with van der Waals surface area (Å²) in [5.41, 5.74) is -1.14. The molecule has 1 unspecified atom stereocenters. The Hall–Kier alpha value is -2.45. The van der Waals surface area contributed by atoms with Crippen molar-refractivity contribution in [1.82, 2.24) is 4.90 Å². The highest BCUT2D eigenvalue weighted by atomic mass is 79.9. The number of carbonyl (C=O) groups is 2. The van der Waals surface area contributed by atoms with Gasteiger partial charge in [0.05, 0.1) is 19.1 Å². The molecule has 0 saturated carbocycles. The van der Waals surface area contributed by atoms with Crippen molar-refractivity contribution in [3.63, 3.8) is 0 Å². The molecule has 34 heavy (non-hydrogen) atoms. The Kier molecular flexibility index (Phi) is 9.64. The lowest BCUT2D eigenvalue weighted by Gasteiger charge is -2.35. The third-order valence-corrected chi connectivity index (χ3v) is 5.87. The fraction of sp³-hybridized carbons (Fsp3) is 0.462. The van der Waals surface area contributed by atoms with Gasteiger partial charge >= 0.3 is 12.1 Å². The minimum absolute atomic E-state index is 0.0115. The molecule has 0 heterocycles. The molecule has 2 aromatic rings. The topological polar surface area (TPSA) is 76.1 Å². The number of hydrogen-bond donors (Lipinski definition) is 1.